The number of aliphatic hydroxyl groups is 1. The van der Waals surface area contributed by atoms with Gasteiger partial charge in [0.25, 0.3) is 0 Å². The number of hydrogen-bond donors (Lipinski definition) is 1. The number of thiophene rings is 1. The van der Waals surface area contributed by atoms with E-state index in [-0.39, 0.29) is 5.82 Å². The number of halogens is 1. The van der Waals surface area contributed by atoms with Crippen LogP contribution in [0.2, 0.25) is 0 Å². The minimum atomic E-state index is -0.722. The lowest BCUT2D eigenvalue weighted by Gasteiger charge is -2.14. The summed E-state index contributed by atoms with van der Waals surface area (Å²) in [6.07, 6.45) is 0.158. The van der Waals surface area contributed by atoms with Crippen LogP contribution < -0.4 is 0 Å². The van der Waals surface area contributed by atoms with Crippen molar-refractivity contribution in [3.8, 4) is 0 Å². The number of aliphatic hydroxyl groups excluding tert-OH is 1. The van der Waals surface area contributed by atoms with Gasteiger partial charge in [-0.15, -0.1) is 11.3 Å². The number of hydrogen-bond acceptors (Lipinski definition) is 2. The normalized spacial score (nSPS) is 12.7. The Morgan fingerprint density at radius 1 is 1.35 bits per heavy atom. The zero-order valence-corrected chi connectivity index (χ0v) is 10.7. The van der Waals surface area contributed by atoms with Gasteiger partial charge in [-0.25, -0.2) is 4.39 Å². The van der Waals surface area contributed by atoms with Crippen molar-refractivity contribution >= 4 is 11.3 Å². The molecular formula is C14H15FOS. The summed E-state index contributed by atoms with van der Waals surface area (Å²) in [6.45, 7) is 3.94. The van der Waals surface area contributed by atoms with Crippen LogP contribution in [0.25, 0.3) is 0 Å². The van der Waals surface area contributed by atoms with Crippen LogP contribution >= 0.6 is 11.3 Å². The van der Waals surface area contributed by atoms with Gasteiger partial charge in [0.15, 0.2) is 0 Å². The first kappa shape index (κ1) is 12.3. The SMILES string of the molecule is CCc1ccsc1C(O)c1cc(F)ccc1C. The molecule has 1 nitrogen and oxygen atoms in total. The summed E-state index contributed by atoms with van der Waals surface area (Å²) in [7, 11) is 0. The van der Waals surface area contributed by atoms with Crippen LogP contribution in [0.3, 0.4) is 0 Å². The van der Waals surface area contributed by atoms with E-state index in [1.165, 1.54) is 23.5 Å². The van der Waals surface area contributed by atoms with Crippen LogP contribution in [0.4, 0.5) is 4.39 Å². The molecule has 2 rings (SSSR count). The third-order valence-electron chi connectivity index (χ3n) is 2.95. The van der Waals surface area contributed by atoms with Crippen LogP contribution in [0, 0.1) is 12.7 Å². The topological polar surface area (TPSA) is 20.2 Å². The second-order valence-corrected chi connectivity index (χ2v) is 5.01. The molecule has 0 aliphatic carbocycles. The van der Waals surface area contributed by atoms with Gasteiger partial charge in [0, 0.05) is 4.88 Å². The summed E-state index contributed by atoms with van der Waals surface area (Å²) in [4.78, 5) is 0.918. The van der Waals surface area contributed by atoms with Crippen molar-refractivity contribution in [3.63, 3.8) is 0 Å². The summed E-state index contributed by atoms with van der Waals surface area (Å²) in [5.41, 5.74) is 2.70. The highest BCUT2D eigenvalue weighted by Crippen LogP contribution is 2.31. The zero-order chi connectivity index (χ0) is 12.4. The van der Waals surface area contributed by atoms with Gasteiger partial charge in [-0.1, -0.05) is 13.0 Å². The van der Waals surface area contributed by atoms with Gasteiger partial charge in [-0.05, 0) is 53.6 Å². The molecule has 0 amide bonds. The molecular weight excluding hydrogens is 235 g/mol. The van der Waals surface area contributed by atoms with Gasteiger partial charge in [0.05, 0.1) is 0 Å². The maximum atomic E-state index is 13.2. The first-order valence-electron chi connectivity index (χ1n) is 5.64. The second kappa shape index (κ2) is 4.98. The van der Waals surface area contributed by atoms with Crippen LogP contribution in [-0.2, 0) is 6.42 Å². The standard InChI is InChI=1S/C14H15FOS/c1-3-10-6-7-17-14(10)13(16)12-8-11(15)5-4-9(12)2/h4-8,13,16H,3H2,1-2H3. The summed E-state index contributed by atoms with van der Waals surface area (Å²) in [5, 5.41) is 12.3. The Morgan fingerprint density at radius 3 is 2.82 bits per heavy atom. The van der Waals surface area contributed by atoms with E-state index in [0.29, 0.717) is 5.56 Å². The molecule has 0 bridgehead atoms. The van der Waals surface area contributed by atoms with Crippen LogP contribution in [0.15, 0.2) is 29.6 Å². The quantitative estimate of drug-likeness (QED) is 0.877. The Kier molecular flexibility index (Phi) is 3.60. The lowest BCUT2D eigenvalue weighted by Crippen LogP contribution is -2.03. The third kappa shape index (κ3) is 2.40. The number of benzene rings is 1. The molecule has 0 fully saturated rings. The fourth-order valence-corrected chi connectivity index (χ4v) is 2.93. The fourth-order valence-electron chi connectivity index (χ4n) is 1.93. The minimum Gasteiger partial charge on any atom is -0.383 e. The van der Waals surface area contributed by atoms with Gasteiger partial charge in [0.1, 0.15) is 11.9 Å². The van der Waals surface area contributed by atoms with E-state index < -0.39 is 6.10 Å². The molecule has 0 aliphatic rings. The molecule has 0 saturated carbocycles. The monoisotopic (exact) mass is 250 g/mol. The Bertz CT molecular complexity index is 519. The highest BCUT2D eigenvalue weighted by molar-refractivity contribution is 7.10. The third-order valence-corrected chi connectivity index (χ3v) is 3.96. The molecule has 1 atom stereocenters. The van der Waals surface area contributed by atoms with Crippen LogP contribution in [0.5, 0.6) is 0 Å². The minimum absolute atomic E-state index is 0.306. The predicted octanol–water partition coefficient (Wildman–Crippen LogP) is 3.84. The summed E-state index contributed by atoms with van der Waals surface area (Å²) < 4.78 is 13.2. The number of rotatable bonds is 3. The highest BCUT2D eigenvalue weighted by atomic mass is 32.1. The van der Waals surface area contributed by atoms with Crippen LogP contribution in [0.1, 0.15) is 34.6 Å². The molecule has 1 heterocycles. The Labute approximate surface area is 105 Å². The van der Waals surface area contributed by atoms with Gasteiger partial charge < -0.3 is 5.11 Å². The molecule has 0 spiro atoms. The van der Waals surface area contributed by atoms with Gasteiger partial charge in [-0.2, -0.15) is 0 Å². The molecule has 3 heteroatoms. The van der Waals surface area contributed by atoms with Crippen molar-refractivity contribution in [1.82, 2.24) is 0 Å². The van der Waals surface area contributed by atoms with E-state index in [0.717, 1.165) is 22.4 Å². The van der Waals surface area contributed by atoms with Crippen molar-refractivity contribution in [1.29, 1.82) is 0 Å². The molecule has 1 unspecified atom stereocenters. The largest absolute Gasteiger partial charge is 0.383 e. The molecule has 90 valence electrons. The average molecular weight is 250 g/mol. The lowest BCUT2D eigenvalue weighted by molar-refractivity contribution is 0.222. The fraction of sp³-hybridized carbons (Fsp3) is 0.286. The van der Waals surface area contributed by atoms with Crippen molar-refractivity contribution in [2.24, 2.45) is 0 Å². The predicted molar refractivity (Wildman–Crippen MR) is 68.9 cm³/mol. The summed E-state index contributed by atoms with van der Waals surface area (Å²) >= 11 is 1.52. The zero-order valence-electron chi connectivity index (χ0n) is 9.90. The highest BCUT2D eigenvalue weighted by Gasteiger charge is 2.17. The van der Waals surface area contributed by atoms with E-state index >= 15 is 0 Å². The molecule has 2 aromatic rings. The average Bonchev–Trinajstić information content (AvgIpc) is 2.79. The molecule has 0 aliphatic heterocycles. The van der Waals surface area contributed by atoms with Crippen molar-refractivity contribution in [2.45, 2.75) is 26.4 Å². The Morgan fingerprint density at radius 2 is 2.12 bits per heavy atom. The summed E-state index contributed by atoms with van der Waals surface area (Å²) in [6, 6.07) is 6.55. The van der Waals surface area contributed by atoms with E-state index in [2.05, 4.69) is 6.92 Å². The molecule has 1 aromatic heterocycles. The maximum absolute atomic E-state index is 13.2. The Balaban J connectivity index is 2.43. The van der Waals surface area contributed by atoms with Gasteiger partial charge in [-0.3, -0.25) is 0 Å². The first-order chi connectivity index (χ1) is 8.13. The summed E-state index contributed by atoms with van der Waals surface area (Å²) in [5.74, 6) is -0.306. The molecule has 0 saturated heterocycles. The smallest absolute Gasteiger partial charge is 0.123 e. The first-order valence-corrected chi connectivity index (χ1v) is 6.51. The molecule has 1 aromatic carbocycles. The van der Waals surface area contributed by atoms with Crippen molar-refractivity contribution < 1.29 is 9.50 Å². The molecule has 17 heavy (non-hydrogen) atoms. The van der Waals surface area contributed by atoms with E-state index in [4.69, 9.17) is 0 Å². The molecule has 0 radical (unpaired) electrons. The molecule has 1 N–H and O–H groups in total. The number of aryl methyl sites for hydroxylation is 2. The maximum Gasteiger partial charge on any atom is 0.123 e. The second-order valence-electron chi connectivity index (χ2n) is 4.07. The van der Waals surface area contributed by atoms with Crippen molar-refractivity contribution in [3.05, 3.63) is 57.0 Å². The Hall–Kier alpha value is -1.19. The lowest BCUT2D eigenvalue weighted by atomic mass is 10.00. The van der Waals surface area contributed by atoms with E-state index in [9.17, 15) is 9.50 Å². The van der Waals surface area contributed by atoms with Gasteiger partial charge in [0.2, 0.25) is 0 Å². The van der Waals surface area contributed by atoms with E-state index in [1.54, 1.807) is 6.07 Å². The van der Waals surface area contributed by atoms with Crippen molar-refractivity contribution in [2.75, 3.05) is 0 Å². The van der Waals surface area contributed by atoms with Gasteiger partial charge >= 0.3 is 0 Å². The van der Waals surface area contributed by atoms with E-state index in [1.807, 2.05) is 18.4 Å². The van der Waals surface area contributed by atoms with Crippen LogP contribution in [-0.4, -0.2) is 5.11 Å².